The smallest absolute Gasteiger partial charge is 0.337 e. The fourth-order valence-electron chi connectivity index (χ4n) is 2.27. The minimum atomic E-state index is -0.330. The van der Waals surface area contributed by atoms with Crippen LogP contribution in [0, 0.1) is 11.8 Å². The summed E-state index contributed by atoms with van der Waals surface area (Å²) in [5.41, 5.74) is 2.36. The highest BCUT2D eigenvalue weighted by Crippen LogP contribution is 2.19. The predicted octanol–water partition coefficient (Wildman–Crippen LogP) is 4.68. The van der Waals surface area contributed by atoms with Crippen molar-refractivity contribution in [2.75, 3.05) is 0 Å². The van der Waals surface area contributed by atoms with E-state index in [1.807, 2.05) is 12.1 Å². The Hall–Kier alpha value is -2.01. The Bertz CT molecular complexity index is 714. The van der Waals surface area contributed by atoms with E-state index in [1.165, 1.54) is 24.5 Å². The van der Waals surface area contributed by atoms with Gasteiger partial charge < -0.3 is 4.42 Å². The molecule has 2 aromatic rings. The van der Waals surface area contributed by atoms with Crippen molar-refractivity contribution in [2.24, 2.45) is 0 Å². The van der Waals surface area contributed by atoms with Crippen LogP contribution in [0.15, 0.2) is 33.5 Å². The third-order valence-corrected chi connectivity index (χ3v) is 3.50. The molecule has 0 bridgehead atoms. The zero-order valence-electron chi connectivity index (χ0n) is 12.9. The molecular formula is C19H22O2. The van der Waals surface area contributed by atoms with Gasteiger partial charge in [0.2, 0.25) is 0 Å². The summed E-state index contributed by atoms with van der Waals surface area (Å²) >= 11 is 0. The van der Waals surface area contributed by atoms with Gasteiger partial charge in [-0.3, -0.25) is 0 Å². The maximum atomic E-state index is 11.6. The highest BCUT2D eigenvalue weighted by atomic mass is 16.4. The average molecular weight is 282 g/mol. The molecule has 21 heavy (non-hydrogen) atoms. The second-order valence-corrected chi connectivity index (χ2v) is 5.32. The van der Waals surface area contributed by atoms with E-state index >= 15 is 0 Å². The molecule has 0 aliphatic carbocycles. The molecule has 0 aliphatic rings. The van der Waals surface area contributed by atoms with E-state index in [2.05, 4.69) is 31.8 Å². The van der Waals surface area contributed by atoms with Crippen LogP contribution in [0.4, 0.5) is 0 Å². The first kappa shape index (κ1) is 15.4. The van der Waals surface area contributed by atoms with Gasteiger partial charge in [-0.25, -0.2) is 4.79 Å². The quantitative estimate of drug-likeness (QED) is 0.453. The van der Waals surface area contributed by atoms with Crippen LogP contribution in [0.1, 0.15) is 57.1 Å². The van der Waals surface area contributed by atoms with Gasteiger partial charge in [-0.1, -0.05) is 44.6 Å². The molecule has 1 aromatic carbocycles. The van der Waals surface area contributed by atoms with Crippen molar-refractivity contribution in [3.8, 4) is 11.8 Å². The molecule has 2 nitrogen and oxygen atoms in total. The molecule has 0 saturated carbocycles. The fourth-order valence-corrected chi connectivity index (χ4v) is 2.27. The number of benzene rings is 1. The minimum Gasteiger partial charge on any atom is -0.423 e. The first-order chi connectivity index (χ1) is 10.2. The first-order valence-corrected chi connectivity index (χ1v) is 7.80. The van der Waals surface area contributed by atoms with Crippen LogP contribution in [0.5, 0.6) is 0 Å². The van der Waals surface area contributed by atoms with Gasteiger partial charge in [0.1, 0.15) is 5.58 Å². The summed E-state index contributed by atoms with van der Waals surface area (Å²) in [6.45, 7) is 4.33. The molecule has 0 spiro atoms. The lowest BCUT2D eigenvalue weighted by molar-refractivity contribution is 0.560. The molecular weight excluding hydrogens is 260 g/mol. The van der Waals surface area contributed by atoms with Crippen LogP contribution < -0.4 is 5.63 Å². The lowest BCUT2D eigenvalue weighted by Crippen LogP contribution is -1.99. The van der Waals surface area contributed by atoms with E-state index in [-0.39, 0.29) is 5.63 Å². The molecule has 2 rings (SSSR count). The molecule has 0 N–H and O–H groups in total. The summed E-state index contributed by atoms with van der Waals surface area (Å²) in [6.07, 6.45) is 6.48. The highest BCUT2D eigenvalue weighted by molar-refractivity contribution is 5.83. The van der Waals surface area contributed by atoms with Crippen LogP contribution in [-0.2, 0) is 6.42 Å². The molecule has 0 amide bonds. The summed E-state index contributed by atoms with van der Waals surface area (Å²) < 4.78 is 5.27. The zero-order valence-corrected chi connectivity index (χ0v) is 12.9. The van der Waals surface area contributed by atoms with Crippen molar-refractivity contribution in [3.05, 3.63) is 45.8 Å². The summed E-state index contributed by atoms with van der Waals surface area (Å²) in [5, 5.41) is 0.951. The number of hydrogen-bond donors (Lipinski definition) is 0. The summed E-state index contributed by atoms with van der Waals surface area (Å²) in [7, 11) is 0. The van der Waals surface area contributed by atoms with Crippen molar-refractivity contribution in [1.82, 2.24) is 0 Å². The van der Waals surface area contributed by atoms with Crippen LogP contribution in [0.2, 0.25) is 0 Å². The van der Waals surface area contributed by atoms with Gasteiger partial charge in [0.05, 0.1) is 0 Å². The fraction of sp³-hybridized carbons (Fsp3) is 0.421. The normalized spacial score (nSPS) is 10.4. The maximum Gasteiger partial charge on any atom is 0.337 e. The van der Waals surface area contributed by atoms with Gasteiger partial charge in [-0.2, -0.15) is 0 Å². The molecule has 0 atom stereocenters. The number of hydrogen-bond acceptors (Lipinski definition) is 2. The SMILES string of the molecule is CCCCC#Cc1cc(=O)oc2ccc(CCCC)cc12. The molecule has 0 radical (unpaired) electrons. The van der Waals surface area contributed by atoms with Crippen molar-refractivity contribution in [1.29, 1.82) is 0 Å². The van der Waals surface area contributed by atoms with Crippen molar-refractivity contribution in [3.63, 3.8) is 0 Å². The third-order valence-electron chi connectivity index (χ3n) is 3.50. The van der Waals surface area contributed by atoms with E-state index in [1.54, 1.807) is 0 Å². The van der Waals surface area contributed by atoms with Crippen molar-refractivity contribution >= 4 is 11.0 Å². The molecule has 0 saturated heterocycles. The van der Waals surface area contributed by atoms with Crippen molar-refractivity contribution < 1.29 is 4.42 Å². The van der Waals surface area contributed by atoms with Gasteiger partial charge in [0.15, 0.2) is 0 Å². The maximum absolute atomic E-state index is 11.6. The number of aryl methyl sites for hydroxylation is 1. The van der Waals surface area contributed by atoms with E-state index < -0.39 is 0 Å². The average Bonchev–Trinajstić information content (AvgIpc) is 2.49. The molecule has 1 heterocycles. The lowest BCUT2D eigenvalue weighted by atomic mass is 10.0. The number of rotatable bonds is 5. The van der Waals surface area contributed by atoms with E-state index in [9.17, 15) is 4.79 Å². The van der Waals surface area contributed by atoms with Gasteiger partial charge >= 0.3 is 5.63 Å². The second-order valence-electron chi connectivity index (χ2n) is 5.32. The number of unbranched alkanes of at least 4 members (excludes halogenated alkanes) is 3. The predicted molar refractivity (Wildman–Crippen MR) is 87.5 cm³/mol. The Morgan fingerprint density at radius 1 is 1.10 bits per heavy atom. The van der Waals surface area contributed by atoms with Crippen LogP contribution in [0.3, 0.4) is 0 Å². The molecule has 110 valence electrons. The van der Waals surface area contributed by atoms with Gasteiger partial charge in [0, 0.05) is 23.4 Å². The van der Waals surface area contributed by atoms with Crippen LogP contribution >= 0.6 is 0 Å². The molecule has 0 unspecified atom stereocenters. The van der Waals surface area contributed by atoms with E-state index in [4.69, 9.17) is 4.42 Å². The molecule has 0 aliphatic heterocycles. The van der Waals surface area contributed by atoms with E-state index in [0.717, 1.165) is 36.6 Å². The summed E-state index contributed by atoms with van der Waals surface area (Å²) in [4.78, 5) is 11.6. The summed E-state index contributed by atoms with van der Waals surface area (Å²) in [5.74, 6) is 6.29. The minimum absolute atomic E-state index is 0.330. The summed E-state index contributed by atoms with van der Waals surface area (Å²) in [6, 6.07) is 7.54. The molecule has 2 heteroatoms. The Labute approximate surface area is 126 Å². The van der Waals surface area contributed by atoms with Crippen LogP contribution in [-0.4, -0.2) is 0 Å². The van der Waals surface area contributed by atoms with Gasteiger partial charge in [-0.15, -0.1) is 0 Å². The largest absolute Gasteiger partial charge is 0.423 e. The Morgan fingerprint density at radius 2 is 1.90 bits per heavy atom. The van der Waals surface area contributed by atoms with Gasteiger partial charge in [0.25, 0.3) is 0 Å². The topological polar surface area (TPSA) is 30.2 Å². The third kappa shape index (κ3) is 4.23. The van der Waals surface area contributed by atoms with Gasteiger partial charge in [-0.05, 0) is 37.0 Å². The van der Waals surface area contributed by atoms with E-state index in [0.29, 0.717) is 5.58 Å². The Morgan fingerprint density at radius 3 is 2.67 bits per heavy atom. The second kappa shape index (κ2) is 7.69. The standard InChI is InChI=1S/C19H22O2/c1-3-5-7-8-10-16-14-19(20)21-18-12-11-15(9-6-4-2)13-17(16)18/h11-14H,3-7,9H2,1-2H3. The monoisotopic (exact) mass is 282 g/mol. The first-order valence-electron chi connectivity index (χ1n) is 7.80. The van der Waals surface area contributed by atoms with Crippen molar-refractivity contribution in [2.45, 2.75) is 52.4 Å². The zero-order chi connectivity index (χ0) is 15.1. The molecule has 1 aromatic heterocycles. The molecule has 0 fully saturated rings. The Balaban J connectivity index is 2.40. The highest BCUT2D eigenvalue weighted by Gasteiger charge is 2.05. The Kier molecular flexibility index (Phi) is 5.63. The van der Waals surface area contributed by atoms with Crippen LogP contribution in [0.25, 0.3) is 11.0 Å². The number of fused-ring (bicyclic) bond motifs is 1. The lowest BCUT2D eigenvalue weighted by Gasteiger charge is -2.04.